The van der Waals surface area contributed by atoms with Crippen LogP contribution < -0.4 is 35.7 Å². The fraction of sp³-hybridized carbons (Fsp3) is 0.439. The van der Waals surface area contributed by atoms with Gasteiger partial charge in [-0.3, -0.25) is 47.9 Å². The number of carbonyl (C=O) groups excluding carboxylic acids is 10. The summed E-state index contributed by atoms with van der Waals surface area (Å²) < 4.78 is 283. The van der Waals surface area contributed by atoms with Crippen molar-refractivity contribution < 1.29 is 199 Å². The number of ether oxygens (including phenoxy) is 16. The molecular formula is C82H90Cl2F2N6O42S6. The van der Waals surface area contributed by atoms with Crippen LogP contribution in [0.3, 0.4) is 0 Å². The first-order valence-electron chi connectivity index (χ1n) is 40.7. The Kier molecular flexibility index (Phi) is 43.4. The molecule has 0 saturated carbocycles. The van der Waals surface area contributed by atoms with Crippen LogP contribution in [0.15, 0.2) is 132 Å². The summed E-state index contributed by atoms with van der Waals surface area (Å²) in [7, 11) is -17.8. The zero-order chi connectivity index (χ0) is 104. The summed E-state index contributed by atoms with van der Waals surface area (Å²) in [5.74, 6) is -15.2. The molecule has 0 amide bonds. The Morgan fingerprint density at radius 1 is 0.371 bits per heavy atom. The number of benzene rings is 6. The van der Waals surface area contributed by atoms with Gasteiger partial charge in [0.15, 0.2) is 59.0 Å². The van der Waals surface area contributed by atoms with Crippen LogP contribution in [0.2, 0.25) is 0 Å². The van der Waals surface area contributed by atoms with Gasteiger partial charge in [0.2, 0.25) is 42.9 Å². The largest absolute Gasteiger partial charge is 0.501 e. The number of esters is 8. The van der Waals surface area contributed by atoms with Gasteiger partial charge in [-0.05, 0) is 131 Å². The number of azide groups is 2. The van der Waals surface area contributed by atoms with E-state index in [2.05, 4.69) is 20.1 Å². The van der Waals surface area contributed by atoms with Crippen molar-refractivity contribution in [2.75, 3.05) is 52.7 Å². The van der Waals surface area contributed by atoms with Crippen LogP contribution in [0.4, 0.5) is 7.77 Å². The fourth-order valence-corrected chi connectivity index (χ4v) is 17.3. The molecule has 2 heterocycles. The number of hydrogen-bond acceptors (Lipinski definition) is 44. The van der Waals surface area contributed by atoms with Gasteiger partial charge in [-0.2, -0.15) is 16.8 Å². The first-order chi connectivity index (χ1) is 65.6. The van der Waals surface area contributed by atoms with Crippen molar-refractivity contribution in [3.63, 3.8) is 0 Å². The van der Waals surface area contributed by atoms with Crippen LogP contribution >= 0.6 is 21.4 Å². The monoisotopic (exact) mass is 2130 g/mol. The maximum atomic E-state index is 13.7. The molecule has 0 aliphatic carbocycles. The second-order valence-corrected chi connectivity index (χ2v) is 40.1. The minimum atomic E-state index is -5.19. The molecule has 0 radical (unpaired) electrons. The summed E-state index contributed by atoms with van der Waals surface area (Å²) in [5, 5.41) is 6.69. The van der Waals surface area contributed by atoms with Crippen LogP contribution in [-0.4, -0.2) is 224 Å². The zero-order valence-corrected chi connectivity index (χ0v) is 81.3. The highest BCUT2D eigenvalue weighted by atomic mass is 35.7. The smallest absolute Gasteiger partial charge is 0.489 e. The first kappa shape index (κ1) is 114. The van der Waals surface area contributed by atoms with E-state index in [1.807, 2.05) is 0 Å². The van der Waals surface area contributed by atoms with Crippen molar-refractivity contribution in [2.24, 2.45) is 10.2 Å². The number of nitrogens with zero attached hydrogens (tertiary/aromatic N) is 6. The Morgan fingerprint density at radius 3 is 1.04 bits per heavy atom. The van der Waals surface area contributed by atoms with Gasteiger partial charge in [-0.15, -0.1) is 24.6 Å². The van der Waals surface area contributed by atoms with Gasteiger partial charge < -0.3 is 92.5 Å². The Morgan fingerprint density at radius 2 is 0.700 bits per heavy atom. The SMILES string of the molecule is CC(=O)OC[C@@H]1OC(Oc2ccc(C(=O)CCCOCCN=[N+]=[N-])cc2OS(=O)(=O)Oc2ccc(COc3ccc(CS(=O)(=O)Cl)cc3CS(=O)(=O)Cl)cc2)[C@@H](OC(C)=O)[C@H](OC(C)=O)[C@@H]1OC(C)=O.CC(=O)OC[C@@H]1OC(Oc2ccc(C(=O)CCCOCCN=[N+]=[N-])cc2OS(=O)(=O)Oc2ccc(COc3ccc(CS(=O)(=O)F)cc3CS(=O)(=O)F)cc2)[C@@H](OC(C)=O)[C@H](OC(C)=O)[C@@H]1OC(C)=O. The average Bonchev–Trinajstić information content (AvgIpc) is 0.776. The van der Waals surface area contributed by atoms with Gasteiger partial charge in [0.25, 0.3) is 0 Å². The number of ketones is 2. The van der Waals surface area contributed by atoms with E-state index in [1.165, 1.54) is 66.7 Å². The van der Waals surface area contributed by atoms with E-state index in [0.717, 1.165) is 110 Å². The van der Waals surface area contributed by atoms with E-state index < -0.39 is 239 Å². The molecule has 48 nitrogen and oxygen atoms in total. The molecule has 58 heteroatoms. The van der Waals surface area contributed by atoms with E-state index in [-0.39, 0.29) is 135 Å². The lowest BCUT2D eigenvalue weighted by Gasteiger charge is -2.43. The van der Waals surface area contributed by atoms with Crippen LogP contribution in [0.1, 0.15) is 135 Å². The van der Waals surface area contributed by atoms with E-state index in [0.29, 0.717) is 11.1 Å². The Balaban J connectivity index is 0.000000381. The predicted octanol–water partition coefficient (Wildman–Crippen LogP) is 9.18. The van der Waals surface area contributed by atoms with Gasteiger partial charge in [0.05, 0.1) is 24.7 Å². The normalized spacial score (nSPS) is 18.0. The van der Waals surface area contributed by atoms with E-state index in [9.17, 15) is 106 Å². The maximum absolute atomic E-state index is 13.7. The molecule has 2 unspecified atom stereocenters. The van der Waals surface area contributed by atoms with E-state index in [4.69, 9.17) is 125 Å². The number of carbonyl (C=O) groups is 10. The van der Waals surface area contributed by atoms with Gasteiger partial charge >= 0.3 is 89.0 Å². The van der Waals surface area contributed by atoms with Crippen molar-refractivity contribution in [2.45, 2.75) is 179 Å². The minimum Gasteiger partial charge on any atom is -0.489 e. The van der Waals surface area contributed by atoms with Gasteiger partial charge in [-0.25, -0.2) is 16.8 Å². The summed E-state index contributed by atoms with van der Waals surface area (Å²) in [6.07, 6.45) is -16.6. The van der Waals surface area contributed by atoms with E-state index in [1.54, 1.807) is 0 Å². The molecule has 0 spiro atoms. The summed E-state index contributed by atoms with van der Waals surface area (Å²) in [5.41, 5.74) is 17.1. The second-order valence-electron chi connectivity index (χ2n) is 29.5. The number of halogens is 4. The lowest BCUT2D eigenvalue weighted by molar-refractivity contribution is -0.288. The molecule has 6 aromatic rings. The molecule has 0 aromatic heterocycles. The minimum absolute atomic E-state index is 0.0345. The Labute approximate surface area is 808 Å². The molecule has 10 atom stereocenters. The van der Waals surface area contributed by atoms with Crippen LogP contribution in [-0.2, 0) is 191 Å². The molecular weight excluding hydrogens is 2040 g/mol. The Hall–Kier alpha value is -12.6. The maximum Gasteiger partial charge on any atom is 0.501 e. The molecule has 2 aliphatic heterocycles. The number of rotatable bonds is 52. The lowest BCUT2D eigenvalue weighted by atomic mass is 9.98. The molecule has 764 valence electrons. The molecule has 8 rings (SSSR count). The van der Waals surface area contributed by atoms with Crippen molar-refractivity contribution in [1.82, 2.24) is 0 Å². The predicted molar refractivity (Wildman–Crippen MR) is 474 cm³/mol. The highest BCUT2D eigenvalue weighted by Gasteiger charge is 2.56. The summed E-state index contributed by atoms with van der Waals surface area (Å²) in [6, 6.07) is 23.9. The Bertz CT molecular complexity index is 5930. The third kappa shape index (κ3) is 41.1. The van der Waals surface area contributed by atoms with Gasteiger partial charge in [0.1, 0.15) is 73.1 Å². The summed E-state index contributed by atoms with van der Waals surface area (Å²) in [4.78, 5) is 129. The third-order valence-corrected chi connectivity index (χ3v) is 23.0. The second kappa shape index (κ2) is 53.2. The van der Waals surface area contributed by atoms with Gasteiger partial charge in [-0.1, -0.05) is 46.6 Å². The van der Waals surface area contributed by atoms with Crippen molar-refractivity contribution in [1.29, 1.82) is 0 Å². The van der Waals surface area contributed by atoms with Crippen LogP contribution in [0.5, 0.6) is 46.0 Å². The molecule has 0 bridgehead atoms. The van der Waals surface area contributed by atoms with Crippen molar-refractivity contribution in [3.8, 4) is 46.0 Å². The van der Waals surface area contributed by atoms with Crippen molar-refractivity contribution >= 4 is 140 Å². The summed E-state index contributed by atoms with van der Waals surface area (Å²) in [6.45, 7) is 6.81. The first-order valence-corrected chi connectivity index (χ1v) is 51.5. The lowest BCUT2D eigenvalue weighted by Crippen LogP contribution is -2.63. The molecule has 0 N–H and O–H groups in total. The quantitative estimate of drug-likeness (QED) is 0.00501. The molecule has 2 aliphatic rings. The molecule has 2 fully saturated rings. The number of hydrogen-bond donors (Lipinski definition) is 0. The van der Waals surface area contributed by atoms with Crippen molar-refractivity contribution in [3.05, 3.63) is 187 Å². The topological polar surface area (TPSA) is 658 Å². The number of Topliss-reactive ketones (excluding diaryl/α,β-unsaturated/α-hetero) is 2. The summed E-state index contributed by atoms with van der Waals surface area (Å²) >= 11 is 0. The van der Waals surface area contributed by atoms with Crippen LogP contribution in [0, 0.1) is 0 Å². The zero-order valence-electron chi connectivity index (χ0n) is 74.8. The molecule has 2 saturated heterocycles. The van der Waals surface area contributed by atoms with Gasteiger partial charge in [0, 0.05) is 148 Å². The average molecular weight is 2130 g/mol. The highest BCUT2D eigenvalue weighted by Crippen LogP contribution is 2.40. The third-order valence-electron chi connectivity index (χ3n) is 18.1. The van der Waals surface area contributed by atoms with E-state index >= 15 is 0 Å². The molecule has 140 heavy (non-hydrogen) atoms. The standard InChI is InChI=1S/C41H45Cl2N3O21S3.C41H45F2N3O21S3/c2*1-24(47)59-21-37-38(61-25(2)48)39(62-26(3)49)40(63-27(4)50)41(65-37)64-35-14-10-30(33(51)6-5-16-58-17-15-45-46-44)19-36(35)67-70(56,57)66-32-11-7-28(8-12-32)20-60-34-13-9-29(22-68(42,52)53)18-31(34)23-69(43,54)55/h2*7-14,18-19,37-41H,5-6,15-17,20-23H2,1-4H3/t2*37-,38+,39+,40-,41?/m00/s1. The highest BCUT2D eigenvalue weighted by molar-refractivity contribution is 8.13. The fourth-order valence-electron chi connectivity index (χ4n) is 12.8. The molecule has 6 aromatic carbocycles. The van der Waals surface area contributed by atoms with Crippen LogP contribution in [0.25, 0.3) is 20.9 Å².